The van der Waals surface area contributed by atoms with Gasteiger partial charge in [0.15, 0.2) is 0 Å². The lowest BCUT2D eigenvalue weighted by Gasteiger charge is -2.28. The third kappa shape index (κ3) is 4.64. The summed E-state index contributed by atoms with van der Waals surface area (Å²) in [4.78, 5) is 22.1. The second-order valence-electron chi connectivity index (χ2n) is 7.80. The van der Waals surface area contributed by atoms with E-state index in [0.717, 1.165) is 73.1 Å². The van der Waals surface area contributed by atoms with Crippen LogP contribution in [0.2, 0.25) is 0 Å². The maximum absolute atomic E-state index is 12.8. The first-order valence-electron chi connectivity index (χ1n) is 11.0. The molecule has 6 heteroatoms. The molecule has 0 unspecified atom stereocenters. The Morgan fingerprint density at radius 2 is 1.77 bits per heavy atom. The molecule has 0 spiro atoms. The molecule has 162 valence electrons. The highest BCUT2D eigenvalue weighted by Crippen LogP contribution is 2.26. The number of anilines is 3. The van der Waals surface area contributed by atoms with Gasteiger partial charge in [-0.05, 0) is 74.9 Å². The molecule has 1 aliphatic heterocycles. The molecule has 1 aromatic heterocycles. The fourth-order valence-electron chi connectivity index (χ4n) is 4.02. The molecule has 2 heterocycles. The van der Waals surface area contributed by atoms with Gasteiger partial charge in [0.2, 0.25) is 0 Å². The number of aryl methyl sites for hydroxylation is 1. The van der Waals surface area contributed by atoms with Crippen LogP contribution in [0.15, 0.2) is 48.5 Å². The van der Waals surface area contributed by atoms with Crippen molar-refractivity contribution in [1.82, 2.24) is 4.98 Å². The molecule has 0 aliphatic carbocycles. The average Bonchev–Trinajstić information content (AvgIpc) is 2.81. The Kier molecular flexibility index (Phi) is 6.37. The van der Waals surface area contributed by atoms with Crippen molar-refractivity contribution in [3.63, 3.8) is 0 Å². The van der Waals surface area contributed by atoms with Crippen LogP contribution in [0.5, 0.6) is 0 Å². The standard InChI is InChI=1S/C25H30N4O2/c1-4-28(5-2)21-9-6-19(7-10-21)25(30)26-20-8-11-23-22(17-20)18(3)16-24(27-23)29-12-14-31-15-13-29/h6-11,16-17H,4-5,12-15H2,1-3H3,(H,26,30). The molecule has 0 radical (unpaired) electrons. The van der Waals surface area contributed by atoms with Crippen LogP contribution in [0.25, 0.3) is 10.9 Å². The molecule has 0 bridgehead atoms. The minimum absolute atomic E-state index is 0.110. The van der Waals surface area contributed by atoms with Crippen molar-refractivity contribution in [3.05, 3.63) is 59.7 Å². The number of nitrogens with zero attached hydrogens (tertiary/aromatic N) is 3. The summed E-state index contributed by atoms with van der Waals surface area (Å²) in [5.41, 5.74) is 4.63. The van der Waals surface area contributed by atoms with Crippen LogP contribution in [0.1, 0.15) is 29.8 Å². The molecule has 1 fully saturated rings. The highest BCUT2D eigenvalue weighted by atomic mass is 16.5. The van der Waals surface area contributed by atoms with Gasteiger partial charge in [-0.2, -0.15) is 0 Å². The first kappa shape index (κ1) is 21.1. The zero-order chi connectivity index (χ0) is 21.8. The lowest BCUT2D eigenvalue weighted by Crippen LogP contribution is -2.36. The van der Waals surface area contributed by atoms with Crippen LogP contribution in [0, 0.1) is 6.92 Å². The number of pyridine rings is 1. The molecule has 3 aromatic rings. The van der Waals surface area contributed by atoms with Gasteiger partial charge < -0.3 is 19.9 Å². The smallest absolute Gasteiger partial charge is 0.255 e. The summed E-state index contributed by atoms with van der Waals surface area (Å²) >= 11 is 0. The summed E-state index contributed by atoms with van der Waals surface area (Å²) in [5, 5.41) is 4.07. The van der Waals surface area contributed by atoms with E-state index in [-0.39, 0.29) is 5.91 Å². The summed E-state index contributed by atoms with van der Waals surface area (Å²) in [6.45, 7) is 11.4. The topological polar surface area (TPSA) is 57.7 Å². The summed E-state index contributed by atoms with van der Waals surface area (Å²) in [7, 11) is 0. The molecule has 1 aliphatic rings. The van der Waals surface area contributed by atoms with Crippen LogP contribution >= 0.6 is 0 Å². The number of ether oxygens (including phenoxy) is 1. The normalized spacial score (nSPS) is 14.0. The first-order valence-corrected chi connectivity index (χ1v) is 11.0. The summed E-state index contributed by atoms with van der Waals surface area (Å²) in [6.07, 6.45) is 0. The average molecular weight is 419 g/mol. The highest BCUT2D eigenvalue weighted by Gasteiger charge is 2.15. The number of carbonyl (C=O) groups is 1. The maximum atomic E-state index is 12.8. The molecular weight excluding hydrogens is 388 g/mol. The Morgan fingerprint density at radius 3 is 2.45 bits per heavy atom. The van der Waals surface area contributed by atoms with Gasteiger partial charge in [-0.25, -0.2) is 4.98 Å². The van der Waals surface area contributed by atoms with Crippen LogP contribution < -0.4 is 15.1 Å². The first-order chi connectivity index (χ1) is 15.1. The number of carbonyl (C=O) groups excluding carboxylic acids is 1. The quantitative estimate of drug-likeness (QED) is 0.640. The lowest BCUT2D eigenvalue weighted by molar-refractivity contribution is 0.102. The van der Waals surface area contributed by atoms with Gasteiger partial charge in [-0.3, -0.25) is 4.79 Å². The zero-order valence-corrected chi connectivity index (χ0v) is 18.5. The Hall–Kier alpha value is -3.12. The molecule has 1 N–H and O–H groups in total. The monoisotopic (exact) mass is 418 g/mol. The van der Waals surface area contributed by atoms with Gasteiger partial charge in [-0.15, -0.1) is 0 Å². The molecule has 1 saturated heterocycles. The van der Waals surface area contributed by atoms with Crippen LogP contribution in [-0.2, 0) is 4.74 Å². The molecule has 0 saturated carbocycles. The predicted octanol–water partition coefficient (Wildman–Crippen LogP) is 4.48. The Morgan fingerprint density at radius 1 is 1.06 bits per heavy atom. The van der Waals surface area contributed by atoms with Gasteiger partial charge in [0.05, 0.1) is 18.7 Å². The van der Waals surface area contributed by atoms with Crippen molar-refractivity contribution in [3.8, 4) is 0 Å². The number of hydrogen-bond acceptors (Lipinski definition) is 5. The number of benzene rings is 2. The second-order valence-corrected chi connectivity index (χ2v) is 7.80. The predicted molar refractivity (Wildman–Crippen MR) is 127 cm³/mol. The van der Waals surface area contributed by atoms with Crippen molar-refractivity contribution in [2.24, 2.45) is 0 Å². The van der Waals surface area contributed by atoms with E-state index in [1.165, 1.54) is 0 Å². The minimum Gasteiger partial charge on any atom is -0.378 e. The van der Waals surface area contributed by atoms with Gasteiger partial charge in [0, 0.05) is 48.5 Å². The van der Waals surface area contributed by atoms with E-state index in [9.17, 15) is 4.79 Å². The summed E-state index contributed by atoms with van der Waals surface area (Å²) in [6, 6.07) is 15.8. The fraction of sp³-hybridized carbons (Fsp3) is 0.360. The van der Waals surface area contributed by atoms with Crippen LogP contribution in [0.3, 0.4) is 0 Å². The molecule has 31 heavy (non-hydrogen) atoms. The van der Waals surface area contributed by atoms with Crippen molar-refractivity contribution in [1.29, 1.82) is 0 Å². The Bertz CT molecular complexity index is 1060. The highest BCUT2D eigenvalue weighted by molar-refractivity contribution is 6.05. The lowest BCUT2D eigenvalue weighted by atomic mass is 10.1. The second kappa shape index (κ2) is 9.35. The van der Waals surface area contributed by atoms with E-state index in [1.807, 2.05) is 42.5 Å². The van der Waals surface area contributed by atoms with Gasteiger partial charge in [-0.1, -0.05) is 0 Å². The molecular formula is C25H30N4O2. The van der Waals surface area contributed by atoms with Crippen LogP contribution in [0.4, 0.5) is 17.2 Å². The van der Waals surface area contributed by atoms with Crippen molar-refractivity contribution in [2.75, 3.05) is 54.5 Å². The third-order valence-electron chi connectivity index (χ3n) is 5.85. The largest absolute Gasteiger partial charge is 0.378 e. The van der Waals surface area contributed by atoms with Gasteiger partial charge >= 0.3 is 0 Å². The fourth-order valence-corrected chi connectivity index (χ4v) is 4.02. The molecule has 6 nitrogen and oxygen atoms in total. The number of aromatic nitrogens is 1. The van der Waals surface area contributed by atoms with E-state index >= 15 is 0 Å². The number of hydrogen-bond donors (Lipinski definition) is 1. The van der Waals surface area contributed by atoms with E-state index in [2.05, 4.69) is 42.0 Å². The number of amides is 1. The number of fused-ring (bicyclic) bond motifs is 1. The van der Waals surface area contributed by atoms with Crippen molar-refractivity contribution >= 4 is 34.0 Å². The van der Waals surface area contributed by atoms with E-state index in [1.54, 1.807) is 0 Å². The SMILES string of the molecule is CCN(CC)c1ccc(C(=O)Nc2ccc3nc(N4CCOCC4)cc(C)c3c2)cc1. The van der Waals surface area contributed by atoms with Crippen molar-refractivity contribution < 1.29 is 9.53 Å². The van der Waals surface area contributed by atoms with E-state index < -0.39 is 0 Å². The number of morpholine rings is 1. The molecule has 1 amide bonds. The summed E-state index contributed by atoms with van der Waals surface area (Å²) < 4.78 is 5.45. The molecule has 4 rings (SSSR count). The van der Waals surface area contributed by atoms with Gasteiger partial charge in [0.1, 0.15) is 5.82 Å². The van der Waals surface area contributed by atoms with Crippen LogP contribution in [-0.4, -0.2) is 50.3 Å². The summed E-state index contributed by atoms with van der Waals surface area (Å²) in [5.74, 6) is 0.874. The Balaban J connectivity index is 1.52. The molecule has 2 aromatic carbocycles. The third-order valence-corrected chi connectivity index (χ3v) is 5.85. The van der Waals surface area contributed by atoms with Gasteiger partial charge in [0.25, 0.3) is 5.91 Å². The van der Waals surface area contributed by atoms with E-state index in [4.69, 9.17) is 9.72 Å². The van der Waals surface area contributed by atoms with Crippen molar-refractivity contribution in [2.45, 2.75) is 20.8 Å². The number of rotatable bonds is 6. The Labute approximate surface area is 183 Å². The maximum Gasteiger partial charge on any atom is 0.255 e. The number of nitrogens with one attached hydrogen (secondary N) is 1. The minimum atomic E-state index is -0.110. The molecule has 0 atom stereocenters. The zero-order valence-electron chi connectivity index (χ0n) is 18.5. The van der Waals surface area contributed by atoms with E-state index in [0.29, 0.717) is 5.56 Å².